The predicted octanol–water partition coefficient (Wildman–Crippen LogP) is 4.22. The van der Waals surface area contributed by atoms with Crippen LogP contribution in [0.5, 0.6) is 0 Å². The average molecular weight is 203 g/mol. The summed E-state index contributed by atoms with van der Waals surface area (Å²) in [5.41, 5.74) is 2.68. The Kier molecular flexibility index (Phi) is 3.76. The summed E-state index contributed by atoms with van der Waals surface area (Å²) in [7, 11) is 0. The molecule has 0 unspecified atom stereocenters. The van der Waals surface area contributed by atoms with Gasteiger partial charge in [0.05, 0.1) is 0 Å². The normalized spacial score (nSPS) is 19.5. The monoisotopic (exact) mass is 203 g/mol. The van der Waals surface area contributed by atoms with Gasteiger partial charge in [-0.05, 0) is 37.5 Å². The van der Waals surface area contributed by atoms with Crippen molar-refractivity contribution < 1.29 is 0 Å². The fraction of sp³-hybridized carbons (Fsp3) is 0.643. The lowest BCUT2D eigenvalue weighted by Gasteiger charge is -2.19. The van der Waals surface area contributed by atoms with Gasteiger partial charge in [-0.2, -0.15) is 0 Å². The molecule has 1 heteroatoms. The quantitative estimate of drug-likeness (QED) is 0.666. The Morgan fingerprint density at radius 1 is 1.07 bits per heavy atom. The zero-order valence-corrected chi connectivity index (χ0v) is 9.71. The standard InChI is InChI=1S/C14H21N/c1-12-9-10-15-14(11-12)13-7-5-3-2-4-6-8-13/h9-11,13H,2-8H2,1H3. The van der Waals surface area contributed by atoms with Crippen LogP contribution in [0.1, 0.15) is 62.1 Å². The molecule has 15 heavy (non-hydrogen) atoms. The van der Waals surface area contributed by atoms with E-state index in [-0.39, 0.29) is 0 Å². The van der Waals surface area contributed by atoms with Gasteiger partial charge in [0.15, 0.2) is 0 Å². The van der Waals surface area contributed by atoms with Crippen LogP contribution < -0.4 is 0 Å². The minimum absolute atomic E-state index is 0.727. The van der Waals surface area contributed by atoms with Crippen LogP contribution in [0, 0.1) is 6.92 Å². The molecule has 82 valence electrons. The van der Waals surface area contributed by atoms with E-state index < -0.39 is 0 Å². The summed E-state index contributed by atoms with van der Waals surface area (Å²) in [4.78, 5) is 4.54. The molecule has 0 bridgehead atoms. The molecular formula is C14H21N. The summed E-state index contributed by atoms with van der Waals surface area (Å²) in [6.07, 6.45) is 11.7. The fourth-order valence-corrected chi connectivity index (χ4v) is 2.53. The molecule has 0 aromatic carbocycles. The van der Waals surface area contributed by atoms with Crippen molar-refractivity contribution in [2.45, 2.75) is 57.8 Å². The molecule has 0 radical (unpaired) electrons. The third-order valence-electron chi connectivity index (χ3n) is 3.46. The number of nitrogens with zero attached hydrogens (tertiary/aromatic N) is 1. The summed E-state index contributed by atoms with van der Waals surface area (Å²) in [5, 5.41) is 0. The fourth-order valence-electron chi connectivity index (χ4n) is 2.53. The highest BCUT2D eigenvalue weighted by Crippen LogP contribution is 2.29. The molecule has 1 aromatic rings. The molecule has 0 N–H and O–H groups in total. The van der Waals surface area contributed by atoms with Crippen LogP contribution in [0.4, 0.5) is 0 Å². The SMILES string of the molecule is Cc1ccnc(C2CCCCCCC2)c1. The van der Waals surface area contributed by atoms with Crippen LogP contribution >= 0.6 is 0 Å². The summed E-state index contributed by atoms with van der Waals surface area (Å²) in [6, 6.07) is 4.36. The van der Waals surface area contributed by atoms with Crippen molar-refractivity contribution in [3.63, 3.8) is 0 Å². The van der Waals surface area contributed by atoms with Gasteiger partial charge in [-0.25, -0.2) is 0 Å². The van der Waals surface area contributed by atoms with Crippen molar-refractivity contribution in [1.82, 2.24) is 4.98 Å². The van der Waals surface area contributed by atoms with E-state index in [0.29, 0.717) is 0 Å². The molecule has 0 saturated heterocycles. The van der Waals surface area contributed by atoms with Crippen LogP contribution in [-0.2, 0) is 0 Å². The maximum absolute atomic E-state index is 4.54. The zero-order valence-electron chi connectivity index (χ0n) is 9.71. The average Bonchev–Trinajstić information content (AvgIpc) is 2.16. The highest BCUT2D eigenvalue weighted by atomic mass is 14.7. The van der Waals surface area contributed by atoms with Crippen molar-refractivity contribution in [2.24, 2.45) is 0 Å². The summed E-state index contributed by atoms with van der Waals surface area (Å²) in [6.45, 7) is 2.16. The molecule has 1 fully saturated rings. The predicted molar refractivity (Wildman–Crippen MR) is 64.0 cm³/mol. The Morgan fingerprint density at radius 2 is 1.73 bits per heavy atom. The highest BCUT2D eigenvalue weighted by molar-refractivity contribution is 5.17. The van der Waals surface area contributed by atoms with Gasteiger partial charge in [0.1, 0.15) is 0 Å². The zero-order chi connectivity index (χ0) is 10.5. The minimum atomic E-state index is 0.727. The second-order valence-corrected chi connectivity index (χ2v) is 4.80. The van der Waals surface area contributed by atoms with E-state index in [1.807, 2.05) is 6.20 Å². The van der Waals surface area contributed by atoms with Crippen LogP contribution in [0.15, 0.2) is 18.3 Å². The van der Waals surface area contributed by atoms with Crippen LogP contribution in [0.25, 0.3) is 0 Å². The summed E-state index contributed by atoms with van der Waals surface area (Å²) in [5.74, 6) is 0.727. The van der Waals surface area contributed by atoms with E-state index in [1.54, 1.807) is 0 Å². The van der Waals surface area contributed by atoms with E-state index in [4.69, 9.17) is 0 Å². The topological polar surface area (TPSA) is 12.9 Å². The first-order valence-corrected chi connectivity index (χ1v) is 6.29. The van der Waals surface area contributed by atoms with Gasteiger partial charge in [0, 0.05) is 17.8 Å². The summed E-state index contributed by atoms with van der Waals surface area (Å²) < 4.78 is 0. The molecule has 1 aliphatic rings. The number of pyridine rings is 1. The largest absolute Gasteiger partial charge is 0.261 e. The van der Waals surface area contributed by atoms with Gasteiger partial charge in [-0.1, -0.05) is 32.1 Å². The van der Waals surface area contributed by atoms with Crippen LogP contribution in [0.2, 0.25) is 0 Å². The Labute approximate surface area is 92.9 Å². The number of aryl methyl sites for hydroxylation is 1. The second kappa shape index (κ2) is 5.29. The lowest BCUT2D eigenvalue weighted by Crippen LogP contribution is -2.04. The Balaban J connectivity index is 2.06. The van der Waals surface area contributed by atoms with Crippen molar-refractivity contribution in [3.05, 3.63) is 29.6 Å². The smallest absolute Gasteiger partial charge is 0.0437 e. The molecule has 0 atom stereocenters. The second-order valence-electron chi connectivity index (χ2n) is 4.80. The number of rotatable bonds is 1. The van der Waals surface area contributed by atoms with E-state index in [9.17, 15) is 0 Å². The van der Waals surface area contributed by atoms with E-state index >= 15 is 0 Å². The molecule has 1 saturated carbocycles. The molecule has 0 aliphatic heterocycles. The van der Waals surface area contributed by atoms with Crippen molar-refractivity contribution in [2.75, 3.05) is 0 Å². The maximum Gasteiger partial charge on any atom is 0.0437 e. The third-order valence-corrected chi connectivity index (χ3v) is 3.46. The van der Waals surface area contributed by atoms with Crippen molar-refractivity contribution in [1.29, 1.82) is 0 Å². The molecule has 0 amide bonds. The summed E-state index contributed by atoms with van der Waals surface area (Å²) >= 11 is 0. The highest BCUT2D eigenvalue weighted by Gasteiger charge is 2.14. The van der Waals surface area contributed by atoms with Crippen LogP contribution in [-0.4, -0.2) is 4.98 Å². The lowest BCUT2D eigenvalue weighted by atomic mass is 9.88. The van der Waals surface area contributed by atoms with Gasteiger partial charge in [-0.3, -0.25) is 4.98 Å². The van der Waals surface area contributed by atoms with Crippen molar-refractivity contribution >= 4 is 0 Å². The Hall–Kier alpha value is -0.850. The van der Waals surface area contributed by atoms with Crippen LogP contribution in [0.3, 0.4) is 0 Å². The van der Waals surface area contributed by atoms with E-state index in [0.717, 1.165) is 5.92 Å². The third kappa shape index (κ3) is 3.05. The molecule has 1 heterocycles. The lowest BCUT2D eigenvalue weighted by molar-refractivity contribution is 0.449. The Morgan fingerprint density at radius 3 is 2.40 bits per heavy atom. The van der Waals surface area contributed by atoms with Gasteiger partial charge in [0.25, 0.3) is 0 Å². The van der Waals surface area contributed by atoms with E-state index in [1.165, 1.54) is 56.2 Å². The van der Waals surface area contributed by atoms with Gasteiger partial charge >= 0.3 is 0 Å². The minimum Gasteiger partial charge on any atom is -0.261 e. The first-order valence-electron chi connectivity index (χ1n) is 6.29. The van der Waals surface area contributed by atoms with E-state index in [2.05, 4.69) is 24.0 Å². The molecule has 2 rings (SSSR count). The van der Waals surface area contributed by atoms with Gasteiger partial charge in [0.2, 0.25) is 0 Å². The number of hydrogen-bond acceptors (Lipinski definition) is 1. The number of hydrogen-bond donors (Lipinski definition) is 0. The molecule has 1 nitrogen and oxygen atoms in total. The maximum atomic E-state index is 4.54. The molecule has 1 aliphatic carbocycles. The Bertz CT molecular complexity index is 298. The van der Waals surface area contributed by atoms with Crippen molar-refractivity contribution in [3.8, 4) is 0 Å². The molecule has 0 spiro atoms. The van der Waals surface area contributed by atoms with Gasteiger partial charge in [-0.15, -0.1) is 0 Å². The van der Waals surface area contributed by atoms with Gasteiger partial charge < -0.3 is 0 Å². The first kappa shape index (κ1) is 10.7. The molecule has 1 aromatic heterocycles. The first-order chi connectivity index (χ1) is 7.36. The molecular weight excluding hydrogens is 182 g/mol. The number of aromatic nitrogens is 1.